The molecular weight excluding hydrogens is 380 g/mol. The lowest BCUT2D eigenvalue weighted by Gasteiger charge is -2.30. The van der Waals surface area contributed by atoms with Gasteiger partial charge in [-0.2, -0.15) is 0 Å². The van der Waals surface area contributed by atoms with Gasteiger partial charge in [-0.1, -0.05) is 42.7 Å². The van der Waals surface area contributed by atoms with E-state index in [1.54, 1.807) is 24.3 Å². The first-order valence-corrected chi connectivity index (χ1v) is 10.4. The first-order chi connectivity index (χ1) is 14.6. The molecule has 4 rings (SSSR count). The number of rotatable bonds is 7. The van der Waals surface area contributed by atoms with E-state index in [1.807, 2.05) is 31.2 Å². The summed E-state index contributed by atoms with van der Waals surface area (Å²) in [4.78, 5) is 28.2. The second-order valence-corrected chi connectivity index (χ2v) is 7.80. The molecule has 6 heteroatoms. The van der Waals surface area contributed by atoms with Crippen molar-refractivity contribution in [3.05, 3.63) is 83.7 Å². The van der Waals surface area contributed by atoms with Crippen molar-refractivity contribution in [3.8, 4) is 0 Å². The summed E-state index contributed by atoms with van der Waals surface area (Å²) in [6.07, 6.45) is 7.11. The van der Waals surface area contributed by atoms with Crippen LogP contribution in [0.4, 0.5) is 0 Å². The topological polar surface area (TPSA) is 75.7 Å². The summed E-state index contributed by atoms with van der Waals surface area (Å²) in [7, 11) is 0. The number of hydrogen-bond donors (Lipinski definition) is 1. The summed E-state index contributed by atoms with van der Waals surface area (Å²) in [5.74, 6) is 0.0252. The molecule has 30 heavy (non-hydrogen) atoms. The Morgan fingerprint density at radius 2 is 1.73 bits per heavy atom. The molecule has 0 bridgehead atoms. The zero-order valence-corrected chi connectivity index (χ0v) is 17.0. The van der Waals surface area contributed by atoms with E-state index >= 15 is 0 Å². The van der Waals surface area contributed by atoms with E-state index in [0.717, 1.165) is 36.8 Å². The van der Waals surface area contributed by atoms with E-state index in [4.69, 9.17) is 8.83 Å². The van der Waals surface area contributed by atoms with Crippen LogP contribution in [0.2, 0.25) is 0 Å². The average Bonchev–Trinajstić information content (AvgIpc) is 3.52. The van der Waals surface area contributed by atoms with Crippen molar-refractivity contribution < 1.29 is 18.4 Å². The molecule has 1 N–H and O–H groups in total. The van der Waals surface area contributed by atoms with Crippen LogP contribution < -0.4 is 5.32 Å². The van der Waals surface area contributed by atoms with Crippen LogP contribution in [-0.2, 0) is 11.3 Å². The number of nitrogens with zero attached hydrogens (tertiary/aromatic N) is 1. The van der Waals surface area contributed by atoms with Crippen molar-refractivity contribution in [2.75, 3.05) is 0 Å². The van der Waals surface area contributed by atoms with E-state index in [-0.39, 0.29) is 30.2 Å². The van der Waals surface area contributed by atoms with Crippen LogP contribution in [0.5, 0.6) is 0 Å². The molecule has 1 unspecified atom stereocenters. The highest BCUT2D eigenvalue weighted by molar-refractivity contribution is 5.95. The van der Waals surface area contributed by atoms with Crippen molar-refractivity contribution in [1.29, 1.82) is 0 Å². The van der Waals surface area contributed by atoms with Gasteiger partial charge in [0.2, 0.25) is 0 Å². The Hall–Kier alpha value is -3.28. The fraction of sp³-hybridized carbons (Fsp3) is 0.333. The molecule has 1 fully saturated rings. The summed E-state index contributed by atoms with van der Waals surface area (Å²) in [6, 6.07) is 13.9. The van der Waals surface area contributed by atoms with Crippen LogP contribution in [0.3, 0.4) is 0 Å². The van der Waals surface area contributed by atoms with E-state index in [9.17, 15) is 9.59 Å². The lowest BCUT2D eigenvalue weighted by molar-refractivity contribution is -0.127. The van der Waals surface area contributed by atoms with Crippen LogP contribution in [0.1, 0.15) is 59.2 Å². The van der Waals surface area contributed by atoms with Crippen molar-refractivity contribution in [3.63, 3.8) is 0 Å². The Labute approximate surface area is 175 Å². The highest BCUT2D eigenvalue weighted by atomic mass is 16.3. The van der Waals surface area contributed by atoms with Crippen molar-refractivity contribution >= 4 is 11.8 Å². The van der Waals surface area contributed by atoms with Crippen LogP contribution in [-0.4, -0.2) is 22.8 Å². The van der Waals surface area contributed by atoms with Gasteiger partial charge in [0.05, 0.1) is 12.5 Å². The Bertz CT molecular complexity index is 955. The van der Waals surface area contributed by atoms with Gasteiger partial charge < -0.3 is 19.1 Å². The Morgan fingerprint density at radius 1 is 1.03 bits per heavy atom. The minimum Gasteiger partial charge on any atom is -0.467 e. The number of nitrogens with one attached hydrogen (secondary N) is 1. The molecule has 1 saturated carbocycles. The molecule has 0 radical (unpaired) electrons. The monoisotopic (exact) mass is 406 g/mol. The van der Waals surface area contributed by atoms with Gasteiger partial charge in [-0.05, 0) is 49.6 Å². The maximum Gasteiger partial charge on any atom is 0.290 e. The van der Waals surface area contributed by atoms with Gasteiger partial charge in [0.25, 0.3) is 11.8 Å². The summed E-state index contributed by atoms with van der Waals surface area (Å²) >= 11 is 0. The zero-order chi connectivity index (χ0) is 20.9. The lowest BCUT2D eigenvalue weighted by Crippen LogP contribution is -2.45. The number of carbonyl (C=O) groups is 2. The Balaban J connectivity index is 1.68. The van der Waals surface area contributed by atoms with E-state index in [0.29, 0.717) is 5.76 Å². The number of benzene rings is 1. The van der Waals surface area contributed by atoms with Crippen LogP contribution in [0.15, 0.2) is 69.9 Å². The van der Waals surface area contributed by atoms with Crippen molar-refractivity contribution in [1.82, 2.24) is 10.2 Å². The predicted molar refractivity (Wildman–Crippen MR) is 112 cm³/mol. The number of furan rings is 2. The summed E-state index contributed by atoms with van der Waals surface area (Å²) < 4.78 is 11.0. The first kappa shape index (κ1) is 20.0. The second-order valence-electron chi connectivity index (χ2n) is 7.80. The maximum absolute atomic E-state index is 13.4. The number of amides is 2. The van der Waals surface area contributed by atoms with Gasteiger partial charge in [-0.25, -0.2) is 0 Å². The molecule has 156 valence electrons. The highest BCUT2D eigenvalue weighted by Gasteiger charge is 2.36. The minimum absolute atomic E-state index is 0.134. The first-order valence-electron chi connectivity index (χ1n) is 10.4. The molecule has 0 aliphatic heterocycles. The van der Waals surface area contributed by atoms with Gasteiger partial charge in [0.15, 0.2) is 11.8 Å². The predicted octanol–water partition coefficient (Wildman–Crippen LogP) is 4.62. The van der Waals surface area contributed by atoms with Crippen LogP contribution in [0, 0.1) is 6.92 Å². The molecular formula is C24H26N2O4. The molecule has 1 aliphatic rings. The Morgan fingerprint density at radius 3 is 2.37 bits per heavy atom. The molecule has 0 spiro atoms. The van der Waals surface area contributed by atoms with Crippen molar-refractivity contribution in [2.45, 2.75) is 51.2 Å². The third-order valence-electron chi connectivity index (χ3n) is 5.54. The summed E-state index contributed by atoms with van der Waals surface area (Å²) in [5.41, 5.74) is 2.05. The molecule has 2 amide bonds. The summed E-state index contributed by atoms with van der Waals surface area (Å²) in [5, 5.41) is 3.12. The molecule has 2 aromatic heterocycles. The van der Waals surface area contributed by atoms with E-state index in [1.165, 1.54) is 17.4 Å². The fourth-order valence-electron chi connectivity index (χ4n) is 3.93. The van der Waals surface area contributed by atoms with Crippen molar-refractivity contribution in [2.24, 2.45) is 0 Å². The maximum atomic E-state index is 13.4. The molecule has 6 nitrogen and oxygen atoms in total. The molecule has 1 atom stereocenters. The summed E-state index contributed by atoms with van der Waals surface area (Å²) in [6.45, 7) is 2.26. The van der Waals surface area contributed by atoms with Gasteiger partial charge >= 0.3 is 0 Å². The van der Waals surface area contributed by atoms with Crippen LogP contribution in [0.25, 0.3) is 0 Å². The largest absolute Gasteiger partial charge is 0.467 e. The van der Waals surface area contributed by atoms with Gasteiger partial charge in [-0.3, -0.25) is 9.59 Å². The normalized spacial score (nSPS) is 15.1. The lowest BCUT2D eigenvalue weighted by atomic mass is 10.1. The zero-order valence-electron chi connectivity index (χ0n) is 17.0. The van der Waals surface area contributed by atoms with Gasteiger partial charge in [0, 0.05) is 12.6 Å². The fourth-order valence-corrected chi connectivity index (χ4v) is 3.93. The molecule has 1 aliphatic carbocycles. The molecule has 1 aromatic carbocycles. The quantitative estimate of drug-likeness (QED) is 0.621. The second kappa shape index (κ2) is 9.03. The molecule has 0 saturated heterocycles. The average molecular weight is 406 g/mol. The molecule has 2 heterocycles. The third-order valence-corrected chi connectivity index (χ3v) is 5.54. The van der Waals surface area contributed by atoms with Gasteiger partial charge in [0.1, 0.15) is 5.76 Å². The number of hydrogen-bond acceptors (Lipinski definition) is 4. The van der Waals surface area contributed by atoms with E-state index < -0.39 is 6.04 Å². The highest BCUT2D eigenvalue weighted by Crippen LogP contribution is 2.28. The number of aryl methyl sites for hydroxylation is 1. The molecule has 3 aromatic rings. The van der Waals surface area contributed by atoms with E-state index in [2.05, 4.69) is 5.32 Å². The Kier molecular flexibility index (Phi) is 6.02. The number of carbonyl (C=O) groups excluding carboxylic acids is 2. The SMILES string of the molecule is Cc1ccc(CN(C(=O)c2ccco2)C(C(=O)NC2CCCC2)c2ccco2)cc1. The third kappa shape index (κ3) is 4.48. The van der Waals surface area contributed by atoms with Crippen LogP contribution >= 0.6 is 0 Å². The standard InChI is InChI=1S/C24H26N2O4/c1-17-10-12-18(13-11-17)16-26(24(28)21-9-5-15-30-21)22(20-8-4-14-29-20)23(27)25-19-6-2-3-7-19/h4-5,8-15,19,22H,2-3,6-7,16H2,1H3,(H,25,27). The smallest absolute Gasteiger partial charge is 0.290 e. The van der Waals surface area contributed by atoms with Gasteiger partial charge in [-0.15, -0.1) is 0 Å². The minimum atomic E-state index is -0.889.